The van der Waals surface area contributed by atoms with Crippen LogP contribution in [0, 0.1) is 5.95 Å². The van der Waals surface area contributed by atoms with Gasteiger partial charge in [-0.15, -0.1) is 0 Å². The molecule has 72 valence electrons. The van der Waals surface area contributed by atoms with E-state index in [-0.39, 0.29) is 12.2 Å². The largest absolute Gasteiger partial charge is 0.274 e. The fourth-order valence-electron chi connectivity index (χ4n) is 0.723. The van der Waals surface area contributed by atoms with Crippen molar-refractivity contribution in [2.75, 3.05) is 0 Å². The minimum absolute atomic E-state index is 0.114. The van der Waals surface area contributed by atoms with E-state index in [9.17, 15) is 12.8 Å². The highest BCUT2D eigenvalue weighted by molar-refractivity contribution is 7.87. The summed E-state index contributed by atoms with van der Waals surface area (Å²) < 4.78 is 35.3. The van der Waals surface area contributed by atoms with Crippen LogP contribution in [-0.4, -0.2) is 13.4 Å². The normalized spacial score (nSPS) is 11.5. The van der Waals surface area contributed by atoms with Gasteiger partial charge >= 0.3 is 0 Å². The molecule has 1 aromatic rings. The van der Waals surface area contributed by atoms with Gasteiger partial charge in [-0.05, 0) is 12.1 Å². The topological polar surface area (TPSA) is 85.1 Å². The standard InChI is InChI=1S/C6H8FN3O2S/c7-6-3-1-2-5(10-6)4-9-13(8,11)12/h1-3,9H,4H2,(H2,8,11,12). The van der Waals surface area contributed by atoms with Crippen molar-refractivity contribution >= 4 is 10.2 Å². The lowest BCUT2D eigenvalue weighted by Crippen LogP contribution is -2.30. The molecular formula is C6H8FN3O2S. The van der Waals surface area contributed by atoms with E-state index in [2.05, 4.69) is 10.1 Å². The van der Waals surface area contributed by atoms with Gasteiger partial charge in [0, 0.05) is 0 Å². The van der Waals surface area contributed by atoms with Gasteiger partial charge in [-0.3, -0.25) is 0 Å². The lowest BCUT2D eigenvalue weighted by atomic mass is 10.3. The van der Waals surface area contributed by atoms with Gasteiger partial charge < -0.3 is 0 Å². The number of nitrogens with two attached hydrogens (primary N) is 1. The molecular weight excluding hydrogens is 197 g/mol. The average Bonchev–Trinajstić information content (AvgIpc) is 2.00. The van der Waals surface area contributed by atoms with Crippen LogP contribution in [-0.2, 0) is 16.8 Å². The van der Waals surface area contributed by atoms with E-state index in [1.807, 2.05) is 4.72 Å². The van der Waals surface area contributed by atoms with Crippen molar-refractivity contribution in [2.45, 2.75) is 6.54 Å². The summed E-state index contributed by atoms with van der Waals surface area (Å²) in [6.07, 6.45) is 0. The number of hydrogen-bond donors (Lipinski definition) is 2. The second-order valence-electron chi connectivity index (χ2n) is 2.32. The highest BCUT2D eigenvalue weighted by Gasteiger charge is 2.02. The molecule has 0 amide bonds. The number of pyridine rings is 1. The molecule has 0 unspecified atom stereocenters. The van der Waals surface area contributed by atoms with E-state index < -0.39 is 16.2 Å². The summed E-state index contributed by atoms with van der Waals surface area (Å²) in [5.41, 5.74) is 0.272. The molecule has 0 atom stereocenters. The average molecular weight is 205 g/mol. The minimum atomic E-state index is -3.75. The summed E-state index contributed by atoms with van der Waals surface area (Å²) in [4.78, 5) is 3.43. The van der Waals surface area contributed by atoms with Crippen molar-refractivity contribution in [3.05, 3.63) is 29.8 Å². The monoisotopic (exact) mass is 205 g/mol. The lowest BCUT2D eigenvalue weighted by Gasteiger charge is -2.00. The van der Waals surface area contributed by atoms with E-state index in [0.717, 1.165) is 0 Å². The molecule has 0 radical (unpaired) electrons. The number of rotatable bonds is 3. The van der Waals surface area contributed by atoms with Gasteiger partial charge in [0.25, 0.3) is 10.2 Å². The van der Waals surface area contributed by atoms with Crippen LogP contribution in [0.1, 0.15) is 5.69 Å². The Bertz CT molecular complexity index is 393. The Hall–Kier alpha value is -1.05. The first kappa shape index (κ1) is 10.0. The Balaban J connectivity index is 2.65. The molecule has 7 heteroatoms. The van der Waals surface area contributed by atoms with Gasteiger partial charge in [0.05, 0.1) is 12.2 Å². The predicted octanol–water partition coefficient (Wildman–Crippen LogP) is -0.486. The summed E-state index contributed by atoms with van der Waals surface area (Å²) in [5, 5.41) is 4.66. The highest BCUT2D eigenvalue weighted by Crippen LogP contribution is 1.96. The zero-order valence-corrected chi connectivity index (χ0v) is 7.38. The zero-order chi connectivity index (χ0) is 9.90. The van der Waals surface area contributed by atoms with Gasteiger partial charge in [-0.1, -0.05) is 6.07 Å². The number of nitrogens with one attached hydrogen (secondary N) is 1. The SMILES string of the molecule is NS(=O)(=O)NCc1cccc(F)n1. The maximum absolute atomic E-state index is 12.5. The van der Waals surface area contributed by atoms with Crippen LogP contribution >= 0.6 is 0 Å². The van der Waals surface area contributed by atoms with E-state index in [1.165, 1.54) is 18.2 Å². The number of nitrogens with zero attached hydrogens (tertiary/aromatic N) is 1. The van der Waals surface area contributed by atoms with Gasteiger partial charge in [0.2, 0.25) is 5.95 Å². The van der Waals surface area contributed by atoms with E-state index in [4.69, 9.17) is 0 Å². The molecule has 0 aliphatic carbocycles. The Labute approximate surface area is 75.0 Å². The van der Waals surface area contributed by atoms with Gasteiger partial charge in [0.15, 0.2) is 0 Å². The Morgan fingerprint density at radius 2 is 2.23 bits per heavy atom. The molecule has 5 nitrogen and oxygen atoms in total. The van der Waals surface area contributed by atoms with E-state index >= 15 is 0 Å². The van der Waals surface area contributed by atoms with Crippen molar-refractivity contribution in [1.29, 1.82) is 0 Å². The molecule has 0 fully saturated rings. The smallest absolute Gasteiger partial charge is 0.223 e. The van der Waals surface area contributed by atoms with Gasteiger partial charge in [-0.2, -0.15) is 17.5 Å². The van der Waals surface area contributed by atoms with Crippen molar-refractivity contribution < 1.29 is 12.8 Å². The summed E-state index contributed by atoms with van der Waals surface area (Å²) >= 11 is 0. The van der Waals surface area contributed by atoms with Crippen LogP contribution in [0.3, 0.4) is 0 Å². The van der Waals surface area contributed by atoms with Crippen molar-refractivity contribution in [3.63, 3.8) is 0 Å². The fraction of sp³-hybridized carbons (Fsp3) is 0.167. The minimum Gasteiger partial charge on any atom is -0.223 e. The molecule has 0 spiro atoms. The molecule has 0 aromatic carbocycles. The molecule has 0 aliphatic heterocycles. The van der Waals surface area contributed by atoms with Crippen LogP contribution in [0.5, 0.6) is 0 Å². The molecule has 0 saturated carbocycles. The third-order valence-corrected chi connectivity index (χ3v) is 1.77. The van der Waals surface area contributed by atoms with E-state index in [1.54, 1.807) is 0 Å². The first-order chi connectivity index (χ1) is 5.97. The zero-order valence-electron chi connectivity index (χ0n) is 6.57. The second kappa shape index (κ2) is 3.77. The molecule has 3 N–H and O–H groups in total. The summed E-state index contributed by atoms with van der Waals surface area (Å²) in [6, 6.07) is 4.09. The summed E-state index contributed by atoms with van der Waals surface area (Å²) in [6.45, 7) is -0.114. The fourth-order valence-corrected chi connectivity index (χ4v) is 1.07. The third kappa shape index (κ3) is 3.92. The maximum atomic E-state index is 12.5. The van der Waals surface area contributed by atoms with Crippen molar-refractivity contribution in [2.24, 2.45) is 5.14 Å². The molecule has 0 aliphatic rings. The first-order valence-corrected chi connectivity index (χ1v) is 4.91. The van der Waals surface area contributed by atoms with Crippen LogP contribution in [0.15, 0.2) is 18.2 Å². The maximum Gasteiger partial charge on any atom is 0.274 e. The second-order valence-corrected chi connectivity index (χ2v) is 3.70. The van der Waals surface area contributed by atoms with Gasteiger partial charge in [-0.25, -0.2) is 10.1 Å². The molecule has 0 saturated heterocycles. The van der Waals surface area contributed by atoms with Crippen LogP contribution in [0.2, 0.25) is 0 Å². The molecule has 1 rings (SSSR count). The Morgan fingerprint density at radius 1 is 1.54 bits per heavy atom. The molecule has 0 bridgehead atoms. The van der Waals surface area contributed by atoms with Crippen LogP contribution in [0.4, 0.5) is 4.39 Å². The summed E-state index contributed by atoms with van der Waals surface area (Å²) in [5.74, 6) is -0.659. The lowest BCUT2D eigenvalue weighted by molar-refractivity contribution is 0.567. The Morgan fingerprint density at radius 3 is 2.77 bits per heavy atom. The van der Waals surface area contributed by atoms with Gasteiger partial charge in [0.1, 0.15) is 0 Å². The summed E-state index contributed by atoms with van der Waals surface area (Å²) in [7, 11) is -3.75. The number of aromatic nitrogens is 1. The first-order valence-electron chi connectivity index (χ1n) is 3.36. The molecule has 1 aromatic heterocycles. The number of hydrogen-bond acceptors (Lipinski definition) is 3. The van der Waals surface area contributed by atoms with Crippen molar-refractivity contribution in [1.82, 2.24) is 9.71 Å². The highest BCUT2D eigenvalue weighted by atomic mass is 32.2. The van der Waals surface area contributed by atoms with Crippen LogP contribution in [0.25, 0.3) is 0 Å². The predicted molar refractivity (Wildman–Crippen MR) is 44.1 cm³/mol. The van der Waals surface area contributed by atoms with E-state index in [0.29, 0.717) is 0 Å². The number of halogens is 1. The van der Waals surface area contributed by atoms with Crippen LogP contribution < -0.4 is 9.86 Å². The molecule has 1 heterocycles. The Kier molecular flexibility index (Phi) is 2.91. The van der Waals surface area contributed by atoms with Crippen molar-refractivity contribution in [3.8, 4) is 0 Å². The third-order valence-electron chi connectivity index (χ3n) is 1.23. The molecule has 13 heavy (non-hydrogen) atoms. The quantitative estimate of drug-likeness (QED) is 0.653.